The number of fused-ring (bicyclic) bond motifs is 7. The van der Waals surface area contributed by atoms with Crippen LogP contribution in [0.15, 0.2) is 188 Å². The Bertz CT molecular complexity index is 2860. The van der Waals surface area contributed by atoms with E-state index in [9.17, 15) is 0 Å². The van der Waals surface area contributed by atoms with Crippen molar-refractivity contribution in [1.29, 1.82) is 0 Å². The first kappa shape index (κ1) is 28.8. The molecule has 234 valence electrons. The Morgan fingerprint density at radius 3 is 1.70 bits per heavy atom. The van der Waals surface area contributed by atoms with Gasteiger partial charge in [0.05, 0.1) is 5.69 Å². The van der Waals surface area contributed by atoms with Crippen molar-refractivity contribution in [3.8, 4) is 22.3 Å². The molecular formula is C48H31NS. The van der Waals surface area contributed by atoms with Crippen molar-refractivity contribution in [3.63, 3.8) is 0 Å². The minimum atomic E-state index is 1.12. The van der Waals surface area contributed by atoms with Crippen LogP contribution in [0.1, 0.15) is 0 Å². The molecule has 0 spiro atoms. The molecule has 0 N–H and O–H groups in total. The van der Waals surface area contributed by atoms with Crippen LogP contribution in [0.2, 0.25) is 0 Å². The largest absolute Gasteiger partial charge is 0.310 e. The maximum absolute atomic E-state index is 2.39. The second-order valence-corrected chi connectivity index (χ2v) is 14.0. The fraction of sp³-hybridized carbons (Fsp3) is 0. The SMILES string of the molecule is c1ccc2c(N(c3ccc(-c4ccc5sc6ccccc6c5c4)cc3)c3ccc(-c4cccc5c4ccc4ccccc45)cc3)cccc2c1. The summed E-state index contributed by atoms with van der Waals surface area (Å²) in [6.45, 7) is 0. The van der Waals surface area contributed by atoms with Crippen LogP contribution in [0.4, 0.5) is 17.1 Å². The van der Waals surface area contributed by atoms with E-state index in [0.29, 0.717) is 0 Å². The molecule has 0 bridgehead atoms. The van der Waals surface area contributed by atoms with Gasteiger partial charge in [0.2, 0.25) is 0 Å². The van der Waals surface area contributed by atoms with Crippen LogP contribution in [0.5, 0.6) is 0 Å². The van der Waals surface area contributed by atoms with Crippen molar-refractivity contribution < 1.29 is 0 Å². The molecule has 1 nitrogen and oxygen atoms in total. The summed E-state index contributed by atoms with van der Waals surface area (Å²) in [6.07, 6.45) is 0. The summed E-state index contributed by atoms with van der Waals surface area (Å²) in [4.78, 5) is 2.39. The third-order valence-electron chi connectivity index (χ3n) is 10.1. The molecule has 9 aromatic carbocycles. The lowest BCUT2D eigenvalue weighted by Crippen LogP contribution is -2.10. The minimum Gasteiger partial charge on any atom is -0.310 e. The van der Waals surface area contributed by atoms with Gasteiger partial charge in [-0.1, -0.05) is 140 Å². The van der Waals surface area contributed by atoms with Crippen LogP contribution in [-0.2, 0) is 0 Å². The molecule has 0 unspecified atom stereocenters. The molecular weight excluding hydrogens is 623 g/mol. The van der Waals surface area contributed by atoms with Gasteiger partial charge >= 0.3 is 0 Å². The van der Waals surface area contributed by atoms with Gasteiger partial charge in [-0.25, -0.2) is 0 Å². The van der Waals surface area contributed by atoms with Gasteiger partial charge in [0.15, 0.2) is 0 Å². The molecule has 2 heteroatoms. The highest BCUT2D eigenvalue weighted by molar-refractivity contribution is 7.25. The van der Waals surface area contributed by atoms with E-state index in [0.717, 1.165) is 17.1 Å². The number of rotatable bonds is 5. The quantitative estimate of drug-likeness (QED) is 0.167. The lowest BCUT2D eigenvalue weighted by atomic mass is 9.94. The van der Waals surface area contributed by atoms with Crippen LogP contribution >= 0.6 is 11.3 Å². The summed E-state index contributed by atoms with van der Waals surface area (Å²) in [5, 5.41) is 10.2. The van der Waals surface area contributed by atoms with E-state index in [2.05, 4.69) is 193 Å². The first-order valence-electron chi connectivity index (χ1n) is 17.1. The van der Waals surface area contributed by atoms with Gasteiger partial charge in [-0.15, -0.1) is 11.3 Å². The van der Waals surface area contributed by atoms with Gasteiger partial charge in [-0.2, -0.15) is 0 Å². The Kier molecular flexibility index (Phi) is 6.75. The Labute approximate surface area is 294 Å². The summed E-state index contributed by atoms with van der Waals surface area (Å²) >= 11 is 1.86. The summed E-state index contributed by atoms with van der Waals surface area (Å²) in [6, 6.07) is 68.7. The molecule has 0 fully saturated rings. The first-order chi connectivity index (χ1) is 24.8. The van der Waals surface area contributed by atoms with Gasteiger partial charge in [0.1, 0.15) is 0 Å². The van der Waals surface area contributed by atoms with E-state index in [-0.39, 0.29) is 0 Å². The zero-order valence-corrected chi connectivity index (χ0v) is 28.1. The maximum Gasteiger partial charge on any atom is 0.0540 e. The number of hydrogen-bond acceptors (Lipinski definition) is 2. The molecule has 1 heterocycles. The van der Waals surface area contributed by atoms with Crippen LogP contribution in [0.3, 0.4) is 0 Å². The molecule has 0 saturated heterocycles. The molecule has 0 amide bonds. The fourth-order valence-corrected chi connectivity index (χ4v) is 8.71. The van der Waals surface area contributed by atoms with Crippen LogP contribution in [0, 0.1) is 0 Å². The van der Waals surface area contributed by atoms with Crippen molar-refractivity contribution >= 4 is 80.9 Å². The van der Waals surface area contributed by atoms with Crippen LogP contribution in [0.25, 0.3) is 74.7 Å². The minimum absolute atomic E-state index is 1.12. The van der Waals surface area contributed by atoms with Gasteiger partial charge in [0.25, 0.3) is 0 Å². The second kappa shape index (κ2) is 11.7. The summed E-state index contributed by atoms with van der Waals surface area (Å²) in [7, 11) is 0. The van der Waals surface area contributed by atoms with E-state index in [4.69, 9.17) is 0 Å². The molecule has 0 saturated carbocycles. The third kappa shape index (κ3) is 4.76. The molecule has 0 aliphatic heterocycles. The molecule has 10 rings (SSSR count). The van der Waals surface area contributed by atoms with Crippen molar-refractivity contribution in [1.82, 2.24) is 0 Å². The summed E-state index contributed by atoms with van der Waals surface area (Å²) in [5.41, 5.74) is 8.30. The average molecular weight is 654 g/mol. The van der Waals surface area contributed by atoms with E-state index < -0.39 is 0 Å². The highest BCUT2D eigenvalue weighted by Crippen LogP contribution is 2.42. The highest BCUT2D eigenvalue weighted by atomic mass is 32.1. The van der Waals surface area contributed by atoms with Crippen molar-refractivity contribution in [2.75, 3.05) is 4.90 Å². The molecule has 0 atom stereocenters. The van der Waals surface area contributed by atoms with Crippen molar-refractivity contribution in [3.05, 3.63) is 188 Å². The maximum atomic E-state index is 2.39. The van der Waals surface area contributed by atoms with Crippen LogP contribution < -0.4 is 4.90 Å². The zero-order chi connectivity index (χ0) is 33.0. The van der Waals surface area contributed by atoms with Gasteiger partial charge in [-0.05, 0) is 97.7 Å². The third-order valence-corrected chi connectivity index (χ3v) is 11.2. The molecule has 1 aromatic heterocycles. The van der Waals surface area contributed by atoms with Gasteiger partial charge < -0.3 is 4.90 Å². The predicted octanol–water partition coefficient (Wildman–Crippen LogP) is 14.3. The number of benzene rings is 9. The molecule has 0 aliphatic rings. The second-order valence-electron chi connectivity index (χ2n) is 12.9. The van der Waals surface area contributed by atoms with Crippen molar-refractivity contribution in [2.24, 2.45) is 0 Å². The monoisotopic (exact) mass is 653 g/mol. The lowest BCUT2D eigenvalue weighted by molar-refractivity contribution is 1.30. The number of anilines is 3. The Morgan fingerprint density at radius 1 is 0.320 bits per heavy atom. The number of thiophene rings is 1. The molecule has 0 radical (unpaired) electrons. The van der Waals surface area contributed by atoms with Gasteiger partial charge in [-0.3, -0.25) is 0 Å². The zero-order valence-electron chi connectivity index (χ0n) is 27.3. The molecule has 0 aliphatic carbocycles. The lowest BCUT2D eigenvalue weighted by Gasteiger charge is -2.27. The topological polar surface area (TPSA) is 3.24 Å². The summed E-state index contributed by atoms with van der Waals surface area (Å²) < 4.78 is 2.66. The number of nitrogens with zero attached hydrogens (tertiary/aromatic N) is 1. The molecule has 10 aromatic rings. The van der Waals surface area contributed by atoms with Crippen LogP contribution in [-0.4, -0.2) is 0 Å². The average Bonchev–Trinajstić information content (AvgIpc) is 3.56. The first-order valence-corrected chi connectivity index (χ1v) is 17.9. The summed E-state index contributed by atoms with van der Waals surface area (Å²) in [5.74, 6) is 0. The van der Waals surface area contributed by atoms with E-state index >= 15 is 0 Å². The fourth-order valence-electron chi connectivity index (χ4n) is 7.62. The Morgan fingerprint density at radius 2 is 0.900 bits per heavy atom. The highest BCUT2D eigenvalue weighted by Gasteiger charge is 2.17. The van der Waals surface area contributed by atoms with E-state index in [1.165, 1.54) is 74.7 Å². The standard InChI is InChI=1S/C48H31NS/c1-3-12-39-34(10-1)23-29-43-40(15-8-16-42(39)43)35-21-27-38(28-22-35)49(46-17-7-11-33-9-2-4-13-41(33)46)37-25-19-32(20-26-37)36-24-30-48-45(31-36)44-14-5-6-18-47(44)50-48/h1-31H. The number of hydrogen-bond donors (Lipinski definition) is 0. The Balaban J connectivity index is 1.07. The van der Waals surface area contributed by atoms with Gasteiger partial charge in [0, 0.05) is 36.9 Å². The Hall–Kier alpha value is -6.22. The van der Waals surface area contributed by atoms with E-state index in [1.807, 2.05) is 11.3 Å². The smallest absolute Gasteiger partial charge is 0.0540 e. The normalized spacial score (nSPS) is 11.6. The van der Waals surface area contributed by atoms with E-state index in [1.54, 1.807) is 0 Å². The van der Waals surface area contributed by atoms with Crippen molar-refractivity contribution in [2.45, 2.75) is 0 Å². The molecule has 50 heavy (non-hydrogen) atoms. The predicted molar refractivity (Wildman–Crippen MR) is 217 cm³/mol.